The Morgan fingerprint density at radius 3 is 1.55 bits per heavy atom. The minimum atomic E-state index is -3.48. The molecule has 122 valence electrons. The molecule has 0 aliphatic carbocycles. The summed E-state index contributed by atoms with van der Waals surface area (Å²) in [6.45, 7) is 2.54. The molecule has 0 bridgehead atoms. The zero-order chi connectivity index (χ0) is 15.1. The topological polar surface area (TPSA) is 55.4 Å². The minimum Gasteiger partial charge on any atom is -0.258 e. The maximum Gasteiger partial charge on any atom is 0.335 e. The molecule has 0 fully saturated rings. The van der Waals surface area contributed by atoms with Crippen molar-refractivity contribution in [3.63, 3.8) is 0 Å². The number of hydrogen-bond donors (Lipinski definition) is 1. The average molecular weight is 308 g/mol. The van der Waals surface area contributed by atoms with Crippen molar-refractivity contribution in [3.05, 3.63) is 0 Å². The molecule has 1 N–H and O–H groups in total. The van der Waals surface area contributed by atoms with Gasteiger partial charge in [-0.1, -0.05) is 77.6 Å². The van der Waals surface area contributed by atoms with Gasteiger partial charge in [-0.2, -0.15) is 13.1 Å². The Bertz CT molecular complexity index is 291. The normalized spacial score (nSPS) is 11.9. The van der Waals surface area contributed by atoms with Crippen LogP contribution in [-0.2, 0) is 14.5 Å². The van der Waals surface area contributed by atoms with Crippen molar-refractivity contribution < 1.29 is 12.6 Å². The van der Waals surface area contributed by atoms with Gasteiger partial charge in [-0.25, -0.2) is 0 Å². The predicted octanol–water partition coefficient (Wildman–Crippen LogP) is 4.17. The molecular formula is C15H33NO3S. The maximum absolute atomic E-state index is 11.0. The van der Waals surface area contributed by atoms with Gasteiger partial charge in [0.2, 0.25) is 0 Å². The monoisotopic (exact) mass is 307 g/mol. The van der Waals surface area contributed by atoms with Gasteiger partial charge in [-0.3, -0.25) is 4.18 Å². The van der Waals surface area contributed by atoms with E-state index in [1.54, 1.807) is 0 Å². The summed E-state index contributed by atoms with van der Waals surface area (Å²) in [5.74, 6) is 0. The molecule has 0 atom stereocenters. The van der Waals surface area contributed by atoms with Gasteiger partial charge in [0, 0.05) is 7.05 Å². The van der Waals surface area contributed by atoms with Crippen molar-refractivity contribution in [1.29, 1.82) is 0 Å². The fraction of sp³-hybridized carbons (Fsp3) is 1.00. The van der Waals surface area contributed by atoms with Crippen LogP contribution in [0.4, 0.5) is 0 Å². The second-order valence-corrected chi connectivity index (χ2v) is 6.92. The molecule has 5 heteroatoms. The lowest BCUT2D eigenvalue weighted by molar-refractivity contribution is 0.301. The summed E-state index contributed by atoms with van der Waals surface area (Å²) < 4.78 is 28.8. The first kappa shape index (κ1) is 19.9. The summed E-state index contributed by atoms with van der Waals surface area (Å²) in [6, 6.07) is 0. The van der Waals surface area contributed by atoms with E-state index in [2.05, 4.69) is 11.6 Å². The third-order valence-electron chi connectivity index (χ3n) is 3.49. The highest BCUT2D eigenvalue weighted by atomic mass is 32.2. The Balaban J connectivity index is 3.10. The minimum absolute atomic E-state index is 0.292. The van der Waals surface area contributed by atoms with Gasteiger partial charge < -0.3 is 0 Å². The number of unbranched alkanes of at least 4 members (excludes halogenated alkanes) is 11. The molecule has 0 saturated heterocycles. The van der Waals surface area contributed by atoms with Crippen molar-refractivity contribution in [2.24, 2.45) is 0 Å². The van der Waals surface area contributed by atoms with Gasteiger partial charge in [0.1, 0.15) is 0 Å². The van der Waals surface area contributed by atoms with Crippen molar-refractivity contribution in [2.75, 3.05) is 13.7 Å². The predicted molar refractivity (Wildman–Crippen MR) is 85.0 cm³/mol. The van der Waals surface area contributed by atoms with Gasteiger partial charge in [0.25, 0.3) is 0 Å². The first-order valence-electron chi connectivity index (χ1n) is 8.20. The van der Waals surface area contributed by atoms with Gasteiger partial charge >= 0.3 is 10.3 Å². The second-order valence-electron chi connectivity index (χ2n) is 5.37. The van der Waals surface area contributed by atoms with Crippen LogP contribution in [-0.4, -0.2) is 22.1 Å². The Labute approximate surface area is 125 Å². The van der Waals surface area contributed by atoms with Crippen LogP contribution in [0.2, 0.25) is 0 Å². The van der Waals surface area contributed by atoms with E-state index in [1.807, 2.05) is 0 Å². The molecule has 0 rings (SSSR count). The van der Waals surface area contributed by atoms with Crippen molar-refractivity contribution in [3.8, 4) is 0 Å². The van der Waals surface area contributed by atoms with Crippen LogP contribution < -0.4 is 4.72 Å². The quantitative estimate of drug-likeness (QED) is 0.462. The number of rotatable bonds is 15. The average Bonchev–Trinajstić information content (AvgIpc) is 2.44. The Hall–Kier alpha value is -0.130. The van der Waals surface area contributed by atoms with Crippen LogP contribution in [0.15, 0.2) is 0 Å². The molecule has 20 heavy (non-hydrogen) atoms. The molecule has 0 heterocycles. The molecular weight excluding hydrogens is 274 g/mol. The SMILES string of the molecule is CCCCCCCCCCCCCCOS(=O)(=O)NC. The molecule has 0 aromatic rings. The van der Waals surface area contributed by atoms with Gasteiger partial charge in [-0.05, 0) is 6.42 Å². The molecule has 4 nitrogen and oxygen atoms in total. The first-order chi connectivity index (χ1) is 9.62. The van der Waals surface area contributed by atoms with E-state index in [9.17, 15) is 8.42 Å². The summed E-state index contributed by atoms with van der Waals surface area (Å²) >= 11 is 0. The van der Waals surface area contributed by atoms with E-state index >= 15 is 0 Å². The molecule has 0 saturated carbocycles. The molecule has 0 aliphatic heterocycles. The lowest BCUT2D eigenvalue weighted by Gasteiger charge is -2.04. The van der Waals surface area contributed by atoms with Gasteiger partial charge in [-0.15, -0.1) is 0 Å². The van der Waals surface area contributed by atoms with Crippen LogP contribution in [0, 0.1) is 0 Å². The van der Waals surface area contributed by atoms with Crippen molar-refractivity contribution in [2.45, 2.75) is 84.0 Å². The van der Waals surface area contributed by atoms with Crippen molar-refractivity contribution >= 4 is 10.3 Å². The Morgan fingerprint density at radius 1 is 0.750 bits per heavy atom. The fourth-order valence-corrected chi connectivity index (χ4v) is 2.63. The lowest BCUT2D eigenvalue weighted by Crippen LogP contribution is -2.21. The third-order valence-corrected chi connectivity index (χ3v) is 4.46. The summed E-state index contributed by atoms with van der Waals surface area (Å²) in [5.41, 5.74) is 0. The van der Waals surface area contributed by atoms with Crippen molar-refractivity contribution in [1.82, 2.24) is 4.72 Å². The molecule has 0 aliphatic rings. The largest absolute Gasteiger partial charge is 0.335 e. The second kappa shape index (κ2) is 13.8. The molecule has 0 aromatic carbocycles. The number of hydrogen-bond acceptors (Lipinski definition) is 3. The Morgan fingerprint density at radius 2 is 1.15 bits per heavy atom. The van der Waals surface area contributed by atoms with Crippen LogP contribution >= 0.6 is 0 Å². The standard InChI is InChI=1S/C15H33NO3S/c1-3-4-5-6-7-8-9-10-11-12-13-14-15-19-20(17,18)16-2/h16H,3-15H2,1-2H3. The van der Waals surface area contributed by atoms with Crippen LogP contribution in [0.1, 0.15) is 84.0 Å². The first-order valence-corrected chi connectivity index (χ1v) is 9.61. The summed E-state index contributed by atoms with van der Waals surface area (Å²) in [7, 11) is -2.13. The van der Waals surface area contributed by atoms with E-state index in [1.165, 1.54) is 71.3 Å². The highest BCUT2D eigenvalue weighted by Crippen LogP contribution is 2.11. The Kier molecular flexibility index (Phi) is 13.7. The highest BCUT2D eigenvalue weighted by molar-refractivity contribution is 7.84. The van der Waals surface area contributed by atoms with Crippen LogP contribution in [0.25, 0.3) is 0 Å². The van der Waals surface area contributed by atoms with E-state index in [0.29, 0.717) is 6.61 Å². The summed E-state index contributed by atoms with van der Waals surface area (Å²) in [4.78, 5) is 0. The van der Waals surface area contributed by atoms with Gasteiger partial charge in [0.05, 0.1) is 6.61 Å². The smallest absolute Gasteiger partial charge is 0.258 e. The molecule has 0 radical (unpaired) electrons. The van der Waals surface area contributed by atoms with Gasteiger partial charge in [0.15, 0.2) is 0 Å². The lowest BCUT2D eigenvalue weighted by atomic mass is 10.1. The van der Waals surface area contributed by atoms with Crippen LogP contribution in [0.5, 0.6) is 0 Å². The summed E-state index contributed by atoms with van der Waals surface area (Å²) in [5, 5.41) is 0. The molecule has 0 spiro atoms. The number of nitrogens with one attached hydrogen (secondary N) is 1. The fourth-order valence-electron chi connectivity index (χ4n) is 2.17. The third kappa shape index (κ3) is 14.3. The zero-order valence-corrected chi connectivity index (χ0v) is 14.1. The zero-order valence-electron chi connectivity index (χ0n) is 13.3. The van der Waals surface area contributed by atoms with Crippen LogP contribution in [0.3, 0.4) is 0 Å². The molecule has 0 amide bonds. The van der Waals surface area contributed by atoms with E-state index in [4.69, 9.17) is 4.18 Å². The van der Waals surface area contributed by atoms with E-state index < -0.39 is 10.3 Å². The molecule has 0 aromatic heterocycles. The highest BCUT2D eigenvalue weighted by Gasteiger charge is 2.05. The van der Waals surface area contributed by atoms with E-state index in [0.717, 1.165) is 12.8 Å². The van der Waals surface area contributed by atoms with E-state index in [-0.39, 0.29) is 0 Å². The molecule has 0 unspecified atom stereocenters. The summed E-state index contributed by atoms with van der Waals surface area (Å²) in [6.07, 6.45) is 15.2. The maximum atomic E-state index is 11.0.